The molecular formula is C15H20FN3. The van der Waals surface area contributed by atoms with Crippen molar-refractivity contribution in [3.63, 3.8) is 0 Å². The number of halogens is 1. The predicted molar refractivity (Wildman–Crippen MR) is 72.8 cm³/mol. The molecule has 0 bridgehead atoms. The lowest BCUT2D eigenvalue weighted by molar-refractivity contribution is 0.161. The van der Waals surface area contributed by atoms with E-state index in [2.05, 4.69) is 11.0 Å². The van der Waals surface area contributed by atoms with Gasteiger partial charge in [-0.2, -0.15) is 5.26 Å². The highest BCUT2D eigenvalue weighted by Gasteiger charge is 2.20. The van der Waals surface area contributed by atoms with Crippen LogP contribution in [0.2, 0.25) is 0 Å². The van der Waals surface area contributed by atoms with Gasteiger partial charge >= 0.3 is 0 Å². The molecule has 1 heterocycles. The first-order chi connectivity index (χ1) is 9.22. The Morgan fingerprint density at radius 2 is 2.32 bits per heavy atom. The average Bonchev–Trinajstić information content (AvgIpc) is 2.42. The van der Waals surface area contributed by atoms with Crippen LogP contribution in [0.5, 0.6) is 0 Å². The summed E-state index contributed by atoms with van der Waals surface area (Å²) in [7, 11) is 0. The third-order valence-corrected chi connectivity index (χ3v) is 3.75. The second kappa shape index (κ2) is 6.65. The highest BCUT2D eigenvalue weighted by Crippen LogP contribution is 2.22. The van der Waals surface area contributed by atoms with E-state index in [9.17, 15) is 4.39 Å². The standard InChI is InChI=1S/C15H20FN3/c16-15-4-3-13(9-18)8-14(15)11-19-7-1-2-12(10-19)5-6-17/h3-4,8,12H,1-2,5-7,10-11,17H2. The average molecular weight is 261 g/mol. The molecule has 4 heteroatoms. The largest absolute Gasteiger partial charge is 0.330 e. The SMILES string of the molecule is N#Cc1ccc(F)c(CN2CCCC(CCN)C2)c1. The Balaban J connectivity index is 2.02. The van der Waals surface area contributed by atoms with E-state index in [1.165, 1.54) is 18.6 Å². The number of benzene rings is 1. The summed E-state index contributed by atoms with van der Waals surface area (Å²) in [5.41, 5.74) is 6.74. The van der Waals surface area contributed by atoms with Crippen molar-refractivity contribution < 1.29 is 4.39 Å². The summed E-state index contributed by atoms with van der Waals surface area (Å²) < 4.78 is 13.8. The zero-order valence-corrected chi connectivity index (χ0v) is 11.1. The summed E-state index contributed by atoms with van der Waals surface area (Å²) in [6, 6.07) is 6.62. The van der Waals surface area contributed by atoms with Gasteiger partial charge in [-0.05, 0) is 56.5 Å². The van der Waals surface area contributed by atoms with Gasteiger partial charge in [-0.15, -0.1) is 0 Å². The molecular weight excluding hydrogens is 241 g/mol. The Morgan fingerprint density at radius 3 is 3.05 bits per heavy atom. The zero-order valence-electron chi connectivity index (χ0n) is 11.1. The second-order valence-electron chi connectivity index (χ2n) is 5.24. The van der Waals surface area contributed by atoms with Gasteiger partial charge in [0.05, 0.1) is 11.6 Å². The maximum Gasteiger partial charge on any atom is 0.127 e. The highest BCUT2D eigenvalue weighted by molar-refractivity contribution is 5.33. The predicted octanol–water partition coefficient (Wildman–Crippen LogP) is 2.26. The zero-order chi connectivity index (χ0) is 13.7. The molecule has 1 aliphatic rings. The molecule has 102 valence electrons. The first kappa shape index (κ1) is 14.0. The van der Waals surface area contributed by atoms with Gasteiger partial charge in [-0.1, -0.05) is 0 Å². The molecule has 2 rings (SSSR count). The van der Waals surface area contributed by atoms with Crippen LogP contribution in [-0.4, -0.2) is 24.5 Å². The summed E-state index contributed by atoms with van der Waals surface area (Å²) in [5.74, 6) is 0.404. The normalized spacial score (nSPS) is 20.2. The van der Waals surface area contributed by atoms with Gasteiger partial charge in [-0.25, -0.2) is 4.39 Å². The van der Waals surface area contributed by atoms with Gasteiger partial charge in [-0.3, -0.25) is 4.90 Å². The van der Waals surface area contributed by atoms with E-state index in [0.29, 0.717) is 23.6 Å². The lowest BCUT2D eigenvalue weighted by Crippen LogP contribution is -2.35. The van der Waals surface area contributed by atoms with Crippen LogP contribution in [0.1, 0.15) is 30.4 Å². The quantitative estimate of drug-likeness (QED) is 0.904. The maximum atomic E-state index is 13.8. The number of rotatable bonds is 4. The summed E-state index contributed by atoms with van der Waals surface area (Å²) >= 11 is 0. The van der Waals surface area contributed by atoms with E-state index >= 15 is 0 Å². The van der Waals surface area contributed by atoms with Crippen molar-refractivity contribution in [2.24, 2.45) is 11.7 Å². The third kappa shape index (κ3) is 3.76. The fourth-order valence-corrected chi connectivity index (χ4v) is 2.77. The maximum absolute atomic E-state index is 13.8. The number of piperidine rings is 1. The minimum absolute atomic E-state index is 0.222. The van der Waals surface area contributed by atoms with E-state index in [-0.39, 0.29) is 5.82 Å². The fraction of sp³-hybridized carbons (Fsp3) is 0.533. The monoisotopic (exact) mass is 261 g/mol. The molecule has 1 fully saturated rings. The fourth-order valence-electron chi connectivity index (χ4n) is 2.77. The Morgan fingerprint density at radius 1 is 1.47 bits per heavy atom. The lowest BCUT2D eigenvalue weighted by atomic mass is 9.94. The van der Waals surface area contributed by atoms with Crippen LogP contribution in [0.3, 0.4) is 0 Å². The van der Waals surface area contributed by atoms with Crippen LogP contribution in [0.25, 0.3) is 0 Å². The molecule has 19 heavy (non-hydrogen) atoms. The first-order valence-corrected chi connectivity index (χ1v) is 6.84. The number of hydrogen-bond acceptors (Lipinski definition) is 3. The summed E-state index contributed by atoms with van der Waals surface area (Å²) in [6.07, 6.45) is 3.40. The molecule has 2 N–H and O–H groups in total. The second-order valence-corrected chi connectivity index (χ2v) is 5.24. The van der Waals surface area contributed by atoms with Crippen molar-refractivity contribution in [2.45, 2.75) is 25.8 Å². The van der Waals surface area contributed by atoms with Crippen molar-refractivity contribution in [3.05, 3.63) is 35.1 Å². The van der Waals surface area contributed by atoms with Gasteiger partial charge in [0.2, 0.25) is 0 Å². The van der Waals surface area contributed by atoms with Crippen LogP contribution in [0.15, 0.2) is 18.2 Å². The van der Waals surface area contributed by atoms with Gasteiger partial charge in [0, 0.05) is 18.7 Å². The molecule has 1 saturated heterocycles. The molecule has 1 atom stereocenters. The summed E-state index contributed by atoms with van der Waals surface area (Å²) in [4.78, 5) is 2.27. The third-order valence-electron chi connectivity index (χ3n) is 3.75. The minimum Gasteiger partial charge on any atom is -0.330 e. The number of likely N-dealkylation sites (tertiary alicyclic amines) is 1. The molecule has 3 nitrogen and oxygen atoms in total. The molecule has 1 aromatic rings. The molecule has 0 aromatic heterocycles. The summed E-state index contributed by atoms with van der Waals surface area (Å²) in [5, 5.41) is 8.87. The molecule has 1 aliphatic heterocycles. The van der Waals surface area contributed by atoms with Crippen molar-refractivity contribution in [2.75, 3.05) is 19.6 Å². The minimum atomic E-state index is -0.222. The van der Waals surface area contributed by atoms with Crippen LogP contribution < -0.4 is 5.73 Å². The molecule has 0 radical (unpaired) electrons. The summed E-state index contributed by atoms with van der Waals surface area (Å²) in [6.45, 7) is 3.28. The van der Waals surface area contributed by atoms with Gasteiger partial charge in [0.25, 0.3) is 0 Å². The van der Waals surface area contributed by atoms with E-state index in [1.807, 2.05) is 0 Å². The van der Waals surface area contributed by atoms with E-state index in [4.69, 9.17) is 11.0 Å². The molecule has 0 saturated carbocycles. The molecule has 1 aromatic carbocycles. The Labute approximate surface area is 113 Å². The number of hydrogen-bond donors (Lipinski definition) is 1. The molecule has 0 aliphatic carbocycles. The van der Waals surface area contributed by atoms with Crippen molar-refractivity contribution in [1.29, 1.82) is 5.26 Å². The van der Waals surface area contributed by atoms with E-state index < -0.39 is 0 Å². The Bertz CT molecular complexity index is 465. The van der Waals surface area contributed by atoms with E-state index in [1.54, 1.807) is 6.07 Å². The van der Waals surface area contributed by atoms with Gasteiger partial charge in [0.15, 0.2) is 0 Å². The Kier molecular flexibility index (Phi) is 4.89. The van der Waals surface area contributed by atoms with E-state index in [0.717, 1.165) is 32.5 Å². The van der Waals surface area contributed by atoms with Gasteiger partial charge < -0.3 is 5.73 Å². The molecule has 0 amide bonds. The van der Waals surface area contributed by atoms with Crippen molar-refractivity contribution in [3.8, 4) is 6.07 Å². The van der Waals surface area contributed by atoms with Crippen LogP contribution in [0, 0.1) is 23.1 Å². The van der Waals surface area contributed by atoms with Crippen molar-refractivity contribution in [1.82, 2.24) is 4.90 Å². The number of nitrogens with two attached hydrogens (primary N) is 1. The topological polar surface area (TPSA) is 53.0 Å². The molecule has 1 unspecified atom stereocenters. The Hall–Kier alpha value is -1.44. The number of nitrogens with zero attached hydrogens (tertiary/aromatic N) is 2. The van der Waals surface area contributed by atoms with Crippen LogP contribution in [-0.2, 0) is 6.54 Å². The smallest absolute Gasteiger partial charge is 0.127 e. The highest BCUT2D eigenvalue weighted by atomic mass is 19.1. The molecule has 0 spiro atoms. The van der Waals surface area contributed by atoms with Gasteiger partial charge in [0.1, 0.15) is 5.82 Å². The van der Waals surface area contributed by atoms with Crippen molar-refractivity contribution >= 4 is 0 Å². The lowest BCUT2D eigenvalue weighted by Gasteiger charge is -2.32. The van der Waals surface area contributed by atoms with Crippen LogP contribution >= 0.6 is 0 Å². The first-order valence-electron chi connectivity index (χ1n) is 6.84. The van der Waals surface area contributed by atoms with Crippen LogP contribution in [0.4, 0.5) is 4.39 Å². The number of nitriles is 1.